The Labute approximate surface area is 84.6 Å². The summed E-state index contributed by atoms with van der Waals surface area (Å²) in [6.07, 6.45) is -3.50. The quantitative estimate of drug-likeness (QED) is 0.680. The molecule has 0 fully saturated rings. The van der Waals surface area contributed by atoms with E-state index in [-0.39, 0.29) is 0 Å². The van der Waals surface area contributed by atoms with Crippen molar-refractivity contribution in [3.05, 3.63) is 11.9 Å². The number of ether oxygens (including phenoxy) is 1. The predicted octanol–water partition coefficient (Wildman–Crippen LogP) is 1.04. The summed E-state index contributed by atoms with van der Waals surface area (Å²) in [5.74, 6) is -4.60. The summed E-state index contributed by atoms with van der Waals surface area (Å²) in [5, 5.41) is 0. The van der Waals surface area contributed by atoms with Gasteiger partial charge in [0.25, 0.3) is 0 Å². The van der Waals surface area contributed by atoms with Gasteiger partial charge in [0.05, 0.1) is 12.9 Å². The van der Waals surface area contributed by atoms with Crippen LogP contribution in [0.4, 0.5) is 13.2 Å². The number of hydrogen-bond acceptors (Lipinski definition) is 4. The average molecular weight is 246 g/mol. The zero-order chi connectivity index (χ0) is 12.1. The zero-order valence-electron chi connectivity index (χ0n) is 7.80. The molecule has 0 atom stereocenters. The Bertz CT molecular complexity index is 356. The molecule has 0 aliphatic heterocycles. The van der Waals surface area contributed by atoms with Crippen molar-refractivity contribution in [2.45, 2.75) is 6.42 Å². The Morgan fingerprint density at radius 1 is 1.27 bits per heavy atom. The molecule has 0 rings (SSSR count). The summed E-state index contributed by atoms with van der Waals surface area (Å²) in [7, 11) is -2.92. The molecule has 8 heteroatoms. The van der Waals surface area contributed by atoms with E-state index in [4.69, 9.17) is 0 Å². The molecule has 0 aliphatic rings. The van der Waals surface area contributed by atoms with Crippen molar-refractivity contribution in [1.82, 2.24) is 0 Å². The molecule has 88 valence electrons. The van der Waals surface area contributed by atoms with Crippen LogP contribution in [0.15, 0.2) is 11.9 Å². The molecule has 0 N–H and O–H groups in total. The van der Waals surface area contributed by atoms with Gasteiger partial charge in [0.2, 0.25) is 0 Å². The van der Waals surface area contributed by atoms with Crippen molar-refractivity contribution in [2.75, 3.05) is 18.6 Å². The first-order chi connectivity index (χ1) is 6.78. The zero-order valence-corrected chi connectivity index (χ0v) is 8.61. The number of carbonyl (C=O) groups is 1. The van der Waals surface area contributed by atoms with Gasteiger partial charge in [0.1, 0.15) is 5.75 Å². The maximum absolute atomic E-state index is 12.2. The molecule has 0 saturated heterocycles. The lowest BCUT2D eigenvalue weighted by molar-refractivity contribution is -0.137. The fourth-order valence-electron chi connectivity index (χ4n) is 0.650. The lowest BCUT2D eigenvalue weighted by atomic mass is 10.4. The molecule has 0 aromatic carbocycles. The van der Waals surface area contributed by atoms with E-state index >= 15 is 0 Å². The van der Waals surface area contributed by atoms with Gasteiger partial charge >= 0.3 is 12.0 Å². The third-order valence-corrected chi connectivity index (χ3v) is 2.90. The third kappa shape index (κ3) is 6.10. The number of rotatable bonds is 5. The second kappa shape index (κ2) is 5.74. The number of sulfone groups is 1. The topological polar surface area (TPSA) is 60.4 Å². The Morgan fingerprint density at radius 2 is 1.80 bits per heavy atom. The van der Waals surface area contributed by atoms with Crippen molar-refractivity contribution < 1.29 is 31.1 Å². The molecule has 0 unspecified atom stereocenters. The first-order valence-electron chi connectivity index (χ1n) is 3.75. The number of halogens is 3. The Kier molecular flexibility index (Phi) is 5.34. The van der Waals surface area contributed by atoms with Gasteiger partial charge in [-0.1, -0.05) is 0 Å². The molecule has 0 aromatic rings. The molecule has 0 bridgehead atoms. The Balaban J connectivity index is 4.30. The summed E-state index contributed by atoms with van der Waals surface area (Å²) in [6.45, 7) is 0. The average Bonchev–Trinajstić information content (AvgIpc) is 2.13. The Morgan fingerprint density at radius 3 is 2.20 bits per heavy atom. The van der Waals surface area contributed by atoms with Gasteiger partial charge < -0.3 is 4.74 Å². The number of carbonyl (C=O) groups excluding carboxylic acids is 1. The van der Waals surface area contributed by atoms with Gasteiger partial charge in [-0.2, -0.15) is 8.78 Å². The number of methoxy groups -OCH3 is 1. The summed E-state index contributed by atoms with van der Waals surface area (Å²) in [5.41, 5.74) is 0. The van der Waals surface area contributed by atoms with Crippen LogP contribution >= 0.6 is 0 Å². The highest BCUT2D eigenvalue weighted by molar-refractivity contribution is 7.92. The lowest BCUT2D eigenvalue weighted by Gasteiger charge is -2.01. The minimum Gasteiger partial charge on any atom is -0.468 e. The standard InChI is InChI=1S/C7H9F3O4S/c1-14-6(11)4-15(12,13)3-2-5(8)7(9)10/h2-4H2,1H3. The second-order valence-electron chi connectivity index (χ2n) is 2.58. The van der Waals surface area contributed by atoms with Crippen molar-refractivity contribution in [1.29, 1.82) is 0 Å². The summed E-state index contributed by atoms with van der Waals surface area (Å²) in [6, 6.07) is 0. The maximum Gasteiger partial charge on any atom is 0.320 e. The number of esters is 1. The molecular weight excluding hydrogens is 237 g/mol. The van der Waals surface area contributed by atoms with Crippen LogP contribution in [-0.2, 0) is 19.4 Å². The highest BCUT2D eigenvalue weighted by Crippen LogP contribution is 2.14. The molecule has 0 aliphatic carbocycles. The van der Waals surface area contributed by atoms with Crippen LogP contribution in [0, 0.1) is 0 Å². The minimum atomic E-state index is -3.90. The van der Waals surface area contributed by atoms with Gasteiger partial charge in [-0.15, -0.1) is 0 Å². The fourth-order valence-corrected chi connectivity index (χ4v) is 1.76. The molecule has 0 spiro atoms. The van der Waals surface area contributed by atoms with Crippen LogP contribution in [0.5, 0.6) is 0 Å². The van der Waals surface area contributed by atoms with E-state index in [0.29, 0.717) is 0 Å². The van der Waals surface area contributed by atoms with Crippen molar-refractivity contribution >= 4 is 15.8 Å². The van der Waals surface area contributed by atoms with Gasteiger partial charge in [-0.3, -0.25) is 4.79 Å². The monoisotopic (exact) mass is 246 g/mol. The van der Waals surface area contributed by atoms with Crippen molar-refractivity contribution in [2.24, 2.45) is 0 Å². The smallest absolute Gasteiger partial charge is 0.320 e. The van der Waals surface area contributed by atoms with Crippen molar-refractivity contribution in [3.63, 3.8) is 0 Å². The summed E-state index contributed by atoms with van der Waals surface area (Å²) in [4.78, 5) is 10.6. The van der Waals surface area contributed by atoms with Gasteiger partial charge in [0.15, 0.2) is 15.7 Å². The van der Waals surface area contributed by atoms with E-state index in [9.17, 15) is 26.4 Å². The largest absolute Gasteiger partial charge is 0.468 e. The number of allylic oxidation sites excluding steroid dienone is 1. The van der Waals surface area contributed by atoms with Crippen LogP contribution < -0.4 is 0 Å². The molecule has 4 nitrogen and oxygen atoms in total. The second-order valence-corrected chi connectivity index (χ2v) is 4.77. The normalized spacial score (nSPS) is 10.9. The fraction of sp³-hybridized carbons (Fsp3) is 0.571. The first-order valence-corrected chi connectivity index (χ1v) is 5.57. The van der Waals surface area contributed by atoms with E-state index in [1.165, 1.54) is 0 Å². The predicted molar refractivity (Wildman–Crippen MR) is 45.6 cm³/mol. The van der Waals surface area contributed by atoms with E-state index < -0.39 is 45.6 Å². The van der Waals surface area contributed by atoms with Crippen molar-refractivity contribution in [3.8, 4) is 0 Å². The highest BCUT2D eigenvalue weighted by atomic mass is 32.2. The van der Waals surface area contributed by atoms with E-state index in [1.807, 2.05) is 0 Å². The molecule has 0 aromatic heterocycles. The molecular formula is C7H9F3O4S. The van der Waals surface area contributed by atoms with Gasteiger partial charge in [0, 0.05) is 6.42 Å². The molecule has 0 radical (unpaired) electrons. The first kappa shape index (κ1) is 13.9. The maximum atomic E-state index is 12.2. The molecule has 0 heterocycles. The van der Waals surface area contributed by atoms with Gasteiger partial charge in [-0.05, 0) is 0 Å². The number of hydrogen-bond donors (Lipinski definition) is 0. The van der Waals surface area contributed by atoms with Crippen LogP contribution in [0.2, 0.25) is 0 Å². The van der Waals surface area contributed by atoms with Crippen LogP contribution in [0.3, 0.4) is 0 Å². The highest BCUT2D eigenvalue weighted by Gasteiger charge is 2.18. The Hall–Kier alpha value is -1.05. The van der Waals surface area contributed by atoms with Gasteiger partial charge in [-0.25, -0.2) is 12.8 Å². The SMILES string of the molecule is COC(=O)CS(=O)(=O)CCC(F)=C(F)F. The molecule has 0 amide bonds. The van der Waals surface area contributed by atoms with E-state index in [1.54, 1.807) is 0 Å². The summed E-state index contributed by atoms with van der Waals surface area (Å²) >= 11 is 0. The van der Waals surface area contributed by atoms with Crippen LogP contribution in [0.1, 0.15) is 6.42 Å². The molecule has 15 heavy (non-hydrogen) atoms. The van der Waals surface area contributed by atoms with E-state index in [0.717, 1.165) is 7.11 Å². The summed E-state index contributed by atoms with van der Waals surface area (Å²) < 4.78 is 61.4. The third-order valence-electron chi connectivity index (χ3n) is 1.40. The minimum absolute atomic E-state index is 0.856. The van der Waals surface area contributed by atoms with Crippen LogP contribution in [-0.4, -0.2) is 33.0 Å². The van der Waals surface area contributed by atoms with E-state index in [2.05, 4.69) is 4.74 Å². The van der Waals surface area contributed by atoms with Crippen LogP contribution in [0.25, 0.3) is 0 Å². The molecule has 0 saturated carbocycles. The lowest BCUT2D eigenvalue weighted by Crippen LogP contribution is -2.20.